The minimum Gasteiger partial charge on any atom is -0.391 e. The van der Waals surface area contributed by atoms with Crippen molar-refractivity contribution in [3.63, 3.8) is 0 Å². The third-order valence-electron chi connectivity index (χ3n) is 3.04. The zero-order valence-electron chi connectivity index (χ0n) is 11.5. The number of amides is 1. The SMILES string of the molecule is CCCC(O)CNC(=O)C(C)Cc1ccc(Br)cc1. The Bertz CT molecular complexity index is 392. The second-order valence-electron chi connectivity index (χ2n) is 4.92. The molecule has 0 aliphatic rings. The van der Waals surface area contributed by atoms with Gasteiger partial charge in [-0.25, -0.2) is 0 Å². The first-order valence-electron chi connectivity index (χ1n) is 6.73. The number of aliphatic hydroxyl groups is 1. The van der Waals surface area contributed by atoms with Crippen molar-refractivity contribution in [1.29, 1.82) is 0 Å². The standard InChI is InChI=1S/C15H22BrNO2/c1-3-4-14(18)10-17-15(19)11(2)9-12-5-7-13(16)8-6-12/h5-8,11,14,18H,3-4,9-10H2,1-2H3,(H,17,19). The van der Waals surface area contributed by atoms with Gasteiger partial charge in [0.25, 0.3) is 0 Å². The van der Waals surface area contributed by atoms with Gasteiger partial charge in [0.1, 0.15) is 0 Å². The van der Waals surface area contributed by atoms with Gasteiger partial charge in [-0.3, -0.25) is 4.79 Å². The summed E-state index contributed by atoms with van der Waals surface area (Å²) in [5.41, 5.74) is 1.14. The summed E-state index contributed by atoms with van der Waals surface area (Å²) in [5, 5.41) is 12.4. The first-order valence-corrected chi connectivity index (χ1v) is 7.52. The van der Waals surface area contributed by atoms with Crippen molar-refractivity contribution >= 4 is 21.8 Å². The Morgan fingerprint density at radius 1 is 1.37 bits per heavy atom. The molecular formula is C15H22BrNO2. The van der Waals surface area contributed by atoms with E-state index in [9.17, 15) is 9.90 Å². The molecule has 1 aromatic rings. The third-order valence-corrected chi connectivity index (χ3v) is 3.57. The Balaban J connectivity index is 2.38. The predicted molar refractivity (Wildman–Crippen MR) is 80.9 cm³/mol. The van der Waals surface area contributed by atoms with Crippen molar-refractivity contribution in [3.8, 4) is 0 Å². The number of rotatable bonds is 7. The molecule has 2 unspecified atom stereocenters. The van der Waals surface area contributed by atoms with Gasteiger partial charge in [-0.15, -0.1) is 0 Å². The van der Waals surface area contributed by atoms with Crippen LogP contribution in [0.5, 0.6) is 0 Å². The Morgan fingerprint density at radius 2 is 2.00 bits per heavy atom. The Labute approximate surface area is 123 Å². The summed E-state index contributed by atoms with van der Waals surface area (Å²) in [6.45, 7) is 4.27. The first-order chi connectivity index (χ1) is 9.02. The number of carbonyl (C=O) groups excluding carboxylic acids is 1. The van der Waals surface area contributed by atoms with Gasteiger partial charge in [0, 0.05) is 16.9 Å². The smallest absolute Gasteiger partial charge is 0.223 e. The highest BCUT2D eigenvalue weighted by Crippen LogP contribution is 2.14. The topological polar surface area (TPSA) is 49.3 Å². The third kappa shape index (κ3) is 6.21. The molecule has 2 atom stereocenters. The number of nitrogens with one attached hydrogen (secondary N) is 1. The minimum atomic E-state index is -0.436. The van der Waals surface area contributed by atoms with Crippen LogP contribution in [-0.2, 0) is 11.2 Å². The van der Waals surface area contributed by atoms with Gasteiger partial charge in [-0.05, 0) is 30.5 Å². The summed E-state index contributed by atoms with van der Waals surface area (Å²) in [6, 6.07) is 7.98. The zero-order chi connectivity index (χ0) is 14.3. The average molecular weight is 328 g/mol. The predicted octanol–water partition coefficient (Wildman–Crippen LogP) is 2.90. The van der Waals surface area contributed by atoms with Gasteiger partial charge in [-0.1, -0.05) is 48.3 Å². The Morgan fingerprint density at radius 3 is 2.58 bits per heavy atom. The van der Waals surface area contributed by atoms with Gasteiger partial charge in [0.2, 0.25) is 5.91 Å². The lowest BCUT2D eigenvalue weighted by Crippen LogP contribution is -2.36. The van der Waals surface area contributed by atoms with Crippen LogP contribution in [0, 0.1) is 5.92 Å². The maximum absolute atomic E-state index is 11.9. The van der Waals surface area contributed by atoms with Crippen molar-refractivity contribution in [1.82, 2.24) is 5.32 Å². The highest BCUT2D eigenvalue weighted by atomic mass is 79.9. The van der Waals surface area contributed by atoms with E-state index in [1.54, 1.807) is 0 Å². The van der Waals surface area contributed by atoms with Gasteiger partial charge < -0.3 is 10.4 Å². The molecule has 0 radical (unpaired) electrons. The van der Waals surface area contributed by atoms with E-state index in [1.807, 2.05) is 38.1 Å². The van der Waals surface area contributed by atoms with Crippen LogP contribution in [0.4, 0.5) is 0 Å². The fraction of sp³-hybridized carbons (Fsp3) is 0.533. The van der Waals surface area contributed by atoms with E-state index < -0.39 is 6.10 Å². The number of hydrogen-bond acceptors (Lipinski definition) is 2. The number of benzene rings is 1. The molecule has 0 heterocycles. The molecule has 1 aromatic carbocycles. The highest BCUT2D eigenvalue weighted by molar-refractivity contribution is 9.10. The van der Waals surface area contributed by atoms with Crippen LogP contribution in [0.15, 0.2) is 28.7 Å². The molecule has 3 nitrogen and oxygen atoms in total. The molecule has 0 aliphatic heterocycles. The number of carbonyl (C=O) groups is 1. The molecule has 19 heavy (non-hydrogen) atoms. The largest absolute Gasteiger partial charge is 0.391 e. The van der Waals surface area contributed by atoms with Gasteiger partial charge in [0.15, 0.2) is 0 Å². The fourth-order valence-corrected chi connectivity index (χ4v) is 2.16. The van der Waals surface area contributed by atoms with Gasteiger partial charge in [-0.2, -0.15) is 0 Å². The van der Waals surface area contributed by atoms with Crippen LogP contribution >= 0.6 is 15.9 Å². The van der Waals surface area contributed by atoms with Crippen molar-refractivity contribution in [3.05, 3.63) is 34.3 Å². The van der Waals surface area contributed by atoms with Crippen molar-refractivity contribution in [2.75, 3.05) is 6.54 Å². The van der Waals surface area contributed by atoms with Crippen molar-refractivity contribution in [2.24, 2.45) is 5.92 Å². The lowest BCUT2D eigenvalue weighted by molar-refractivity contribution is -0.124. The van der Waals surface area contributed by atoms with Crippen LogP contribution in [0.1, 0.15) is 32.3 Å². The van der Waals surface area contributed by atoms with E-state index in [-0.39, 0.29) is 11.8 Å². The quantitative estimate of drug-likeness (QED) is 0.809. The molecular weight excluding hydrogens is 306 g/mol. The summed E-state index contributed by atoms with van der Waals surface area (Å²) < 4.78 is 1.04. The lowest BCUT2D eigenvalue weighted by Gasteiger charge is -2.15. The summed E-state index contributed by atoms with van der Waals surface area (Å²) in [7, 11) is 0. The molecule has 0 spiro atoms. The van der Waals surface area contributed by atoms with Crippen LogP contribution in [0.25, 0.3) is 0 Å². The van der Waals surface area contributed by atoms with Crippen LogP contribution in [0.2, 0.25) is 0 Å². The second-order valence-corrected chi connectivity index (χ2v) is 5.83. The van der Waals surface area contributed by atoms with Gasteiger partial charge >= 0.3 is 0 Å². The number of halogens is 1. The molecule has 0 aliphatic carbocycles. The summed E-state index contributed by atoms with van der Waals surface area (Å²) in [6.07, 6.45) is 1.92. The first kappa shape index (κ1) is 16.2. The van der Waals surface area contributed by atoms with Gasteiger partial charge in [0.05, 0.1) is 6.10 Å². The van der Waals surface area contributed by atoms with E-state index in [4.69, 9.17) is 0 Å². The lowest BCUT2D eigenvalue weighted by atomic mass is 10.0. The van der Waals surface area contributed by atoms with E-state index in [1.165, 1.54) is 0 Å². The molecule has 0 fully saturated rings. The number of hydrogen-bond donors (Lipinski definition) is 2. The average Bonchev–Trinajstić information content (AvgIpc) is 2.39. The number of aliphatic hydroxyl groups excluding tert-OH is 1. The molecule has 4 heteroatoms. The van der Waals surface area contributed by atoms with E-state index >= 15 is 0 Å². The fourth-order valence-electron chi connectivity index (χ4n) is 1.89. The van der Waals surface area contributed by atoms with E-state index in [0.29, 0.717) is 13.0 Å². The zero-order valence-corrected chi connectivity index (χ0v) is 13.1. The maximum Gasteiger partial charge on any atom is 0.223 e. The molecule has 0 saturated heterocycles. The van der Waals surface area contributed by atoms with E-state index in [2.05, 4.69) is 21.2 Å². The van der Waals surface area contributed by atoms with Crippen molar-refractivity contribution < 1.29 is 9.90 Å². The van der Waals surface area contributed by atoms with Crippen LogP contribution in [0.3, 0.4) is 0 Å². The molecule has 1 rings (SSSR count). The second kappa shape index (κ2) is 8.33. The highest BCUT2D eigenvalue weighted by Gasteiger charge is 2.14. The molecule has 0 bridgehead atoms. The molecule has 0 saturated carbocycles. The van der Waals surface area contributed by atoms with E-state index in [0.717, 1.165) is 22.9 Å². The van der Waals surface area contributed by atoms with Crippen LogP contribution in [-0.4, -0.2) is 23.7 Å². The normalized spacial score (nSPS) is 13.9. The molecule has 106 valence electrons. The molecule has 1 amide bonds. The summed E-state index contributed by atoms with van der Waals surface area (Å²) >= 11 is 3.39. The Hall–Kier alpha value is -0.870. The van der Waals surface area contributed by atoms with Crippen molar-refractivity contribution in [2.45, 2.75) is 39.2 Å². The molecule has 0 aromatic heterocycles. The molecule has 2 N–H and O–H groups in total. The summed E-state index contributed by atoms with van der Waals surface area (Å²) in [4.78, 5) is 11.9. The Kier molecular flexibility index (Phi) is 7.10. The van der Waals surface area contributed by atoms with Crippen LogP contribution < -0.4 is 5.32 Å². The summed E-state index contributed by atoms with van der Waals surface area (Å²) in [5.74, 6) is -0.0897. The maximum atomic E-state index is 11.9. The minimum absolute atomic E-state index is 0.00179. The monoisotopic (exact) mass is 327 g/mol.